The standard InChI is InChI=1S/C14H24N2O3/c1-5-6-16-11(9-15)10-7-12(17-2)14(19-4)13(8-10)18-3/h7-8,11,16H,5-6,9,15H2,1-4H3. The SMILES string of the molecule is CCCNC(CN)c1cc(OC)c(OC)c(OC)c1. The summed E-state index contributed by atoms with van der Waals surface area (Å²) in [5.74, 6) is 1.89. The summed E-state index contributed by atoms with van der Waals surface area (Å²) < 4.78 is 16.0. The molecule has 1 aromatic carbocycles. The Morgan fingerprint density at radius 3 is 2.05 bits per heavy atom. The third kappa shape index (κ3) is 3.75. The summed E-state index contributed by atoms with van der Waals surface area (Å²) in [6, 6.07) is 3.94. The molecular formula is C14H24N2O3. The minimum absolute atomic E-state index is 0.0775. The molecule has 0 radical (unpaired) electrons. The van der Waals surface area contributed by atoms with E-state index in [0.29, 0.717) is 23.8 Å². The molecule has 1 unspecified atom stereocenters. The fourth-order valence-electron chi connectivity index (χ4n) is 1.96. The number of nitrogens with two attached hydrogens (primary N) is 1. The molecule has 0 aromatic heterocycles. The van der Waals surface area contributed by atoms with Gasteiger partial charge in [-0.25, -0.2) is 0 Å². The lowest BCUT2D eigenvalue weighted by Crippen LogP contribution is -2.28. The van der Waals surface area contributed by atoms with Gasteiger partial charge < -0.3 is 25.3 Å². The molecule has 0 aliphatic rings. The van der Waals surface area contributed by atoms with Crippen LogP contribution in [0.5, 0.6) is 17.2 Å². The zero-order valence-electron chi connectivity index (χ0n) is 12.2. The van der Waals surface area contributed by atoms with Gasteiger partial charge in [0.05, 0.1) is 21.3 Å². The molecule has 5 nitrogen and oxygen atoms in total. The van der Waals surface area contributed by atoms with Crippen molar-refractivity contribution in [3.8, 4) is 17.2 Å². The highest BCUT2D eigenvalue weighted by Crippen LogP contribution is 2.39. The van der Waals surface area contributed by atoms with E-state index in [1.807, 2.05) is 12.1 Å². The smallest absolute Gasteiger partial charge is 0.203 e. The lowest BCUT2D eigenvalue weighted by Gasteiger charge is -2.20. The predicted molar refractivity (Wildman–Crippen MR) is 76.2 cm³/mol. The van der Waals surface area contributed by atoms with Crippen molar-refractivity contribution in [2.45, 2.75) is 19.4 Å². The second kappa shape index (κ2) is 7.86. The average Bonchev–Trinajstić information content (AvgIpc) is 2.46. The predicted octanol–water partition coefficient (Wildman–Crippen LogP) is 1.71. The Morgan fingerprint density at radius 1 is 1.11 bits per heavy atom. The van der Waals surface area contributed by atoms with E-state index in [0.717, 1.165) is 18.5 Å². The summed E-state index contributed by atoms with van der Waals surface area (Å²) in [5.41, 5.74) is 6.86. The van der Waals surface area contributed by atoms with Crippen LogP contribution >= 0.6 is 0 Å². The topological polar surface area (TPSA) is 65.7 Å². The zero-order valence-corrected chi connectivity index (χ0v) is 12.2. The van der Waals surface area contributed by atoms with Gasteiger partial charge in [0.15, 0.2) is 11.5 Å². The molecule has 108 valence electrons. The van der Waals surface area contributed by atoms with Gasteiger partial charge in [-0.2, -0.15) is 0 Å². The quantitative estimate of drug-likeness (QED) is 0.751. The summed E-state index contributed by atoms with van der Waals surface area (Å²) >= 11 is 0. The first-order valence-corrected chi connectivity index (χ1v) is 6.45. The highest BCUT2D eigenvalue weighted by atomic mass is 16.5. The molecular weight excluding hydrogens is 244 g/mol. The number of rotatable bonds is 8. The molecule has 0 bridgehead atoms. The molecule has 1 rings (SSSR count). The van der Waals surface area contributed by atoms with E-state index >= 15 is 0 Å². The molecule has 5 heteroatoms. The zero-order chi connectivity index (χ0) is 14.3. The second-order valence-electron chi connectivity index (χ2n) is 4.20. The maximum atomic E-state index is 5.82. The van der Waals surface area contributed by atoms with E-state index < -0.39 is 0 Å². The van der Waals surface area contributed by atoms with Crippen LogP contribution in [0.3, 0.4) is 0 Å². The number of hydrogen-bond acceptors (Lipinski definition) is 5. The molecule has 0 heterocycles. The molecule has 3 N–H and O–H groups in total. The monoisotopic (exact) mass is 268 g/mol. The fourth-order valence-corrected chi connectivity index (χ4v) is 1.96. The van der Waals surface area contributed by atoms with E-state index in [2.05, 4.69) is 12.2 Å². The van der Waals surface area contributed by atoms with Gasteiger partial charge in [0, 0.05) is 12.6 Å². The van der Waals surface area contributed by atoms with Crippen molar-refractivity contribution in [2.75, 3.05) is 34.4 Å². The maximum Gasteiger partial charge on any atom is 0.203 e. The van der Waals surface area contributed by atoms with Crippen molar-refractivity contribution in [2.24, 2.45) is 5.73 Å². The summed E-state index contributed by atoms with van der Waals surface area (Å²) in [7, 11) is 4.81. The van der Waals surface area contributed by atoms with Crippen molar-refractivity contribution in [1.82, 2.24) is 5.32 Å². The third-order valence-corrected chi connectivity index (χ3v) is 2.97. The van der Waals surface area contributed by atoms with Gasteiger partial charge in [0.1, 0.15) is 0 Å². The second-order valence-corrected chi connectivity index (χ2v) is 4.20. The van der Waals surface area contributed by atoms with Crippen molar-refractivity contribution >= 4 is 0 Å². The molecule has 0 aliphatic heterocycles. The van der Waals surface area contributed by atoms with Crippen LogP contribution in [0.25, 0.3) is 0 Å². The van der Waals surface area contributed by atoms with Crippen LogP contribution in [-0.2, 0) is 0 Å². The number of nitrogens with one attached hydrogen (secondary N) is 1. The minimum Gasteiger partial charge on any atom is -0.493 e. The molecule has 0 saturated carbocycles. The van der Waals surface area contributed by atoms with Gasteiger partial charge in [0.2, 0.25) is 5.75 Å². The number of methoxy groups -OCH3 is 3. The summed E-state index contributed by atoms with van der Waals surface area (Å²) in [5, 5.41) is 3.40. The Hall–Kier alpha value is -1.46. The van der Waals surface area contributed by atoms with Crippen LogP contribution in [0.4, 0.5) is 0 Å². The first-order chi connectivity index (χ1) is 9.21. The van der Waals surface area contributed by atoms with E-state index in [4.69, 9.17) is 19.9 Å². The molecule has 19 heavy (non-hydrogen) atoms. The summed E-state index contributed by atoms with van der Waals surface area (Å²) in [4.78, 5) is 0. The molecule has 0 aliphatic carbocycles. The van der Waals surface area contributed by atoms with Crippen molar-refractivity contribution in [3.05, 3.63) is 17.7 Å². The van der Waals surface area contributed by atoms with Crippen LogP contribution in [0, 0.1) is 0 Å². The molecule has 1 atom stereocenters. The van der Waals surface area contributed by atoms with E-state index in [1.54, 1.807) is 21.3 Å². The van der Waals surface area contributed by atoms with Crippen molar-refractivity contribution in [3.63, 3.8) is 0 Å². The largest absolute Gasteiger partial charge is 0.493 e. The molecule has 0 amide bonds. The normalized spacial score (nSPS) is 12.1. The Balaban J connectivity index is 3.12. The number of benzene rings is 1. The summed E-state index contributed by atoms with van der Waals surface area (Å²) in [6.45, 7) is 3.55. The van der Waals surface area contributed by atoms with E-state index in [-0.39, 0.29) is 6.04 Å². The van der Waals surface area contributed by atoms with Gasteiger partial charge in [-0.05, 0) is 30.7 Å². The van der Waals surface area contributed by atoms with Crippen LogP contribution in [0.1, 0.15) is 24.9 Å². The Kier molecular flexibility index (Phi) is 6.45. The van der Waals surface area contributed by atoms with Gasteiger partial charge in [-0.1, -0.05) is 6.92 Å². The van der Waals surface area contributed by atoms with Crippen LogP contribution < -0.4 is 25.3 Å². The number of hydrogen-bond donors (Lipinski definition) is 2. The molecule has 1 aromatic rings. The molecule has 0 fully saturated rings. The third-order valence-electron chi connectivity index (χ3n) is 2.97. The Morgan fingerprint density at radius 2 is 1.68 bits per heavy atom. The highest BCUT2D eigenvalue weighted by Gasteiger charge is 2.17. The van der Waals surface area contributed by atoms with Crippen LogP contribution in [0.15, 0.2) is 12.1 Å². The molecule has 0 saturated heterocycles. The fraction of sp³-hybridized carbons (Fsp3) is 0.571. The minimum atomic E-state index is 0.0775. The van der Waals surface area contributed by atoms with Gasteiger partial charge in [-0.15, -0.1) is 0 Å². The van der Waals surface area contributed by atoms with Crippen LogP contribution in [0.2, 0.25) is 0 Å². The van der Waals surface area contributed by atoms with Crippen molar-refractivity contribution in [1.29, 1.82) is 0 Å². The first-order valence-electron chi connectivity index (χ1n) is 6.45. The maximum absolute atomic E-state index is 5.82. The highest BCUT2D eigenvalue weighted by molar-refractivity contribution is 5.54. The van der Waals surface area contributed by atoms with E-state index in [9.17, 15) is 0 Å². The van der Waals surface area contributed by atoms with Gasteiger partial charge >= 0.3 is 0 Å². The Labute approximate surface area is 115 Å². The van der Waals surface area contributed by atoms with Crippen molar-refractivity contribution < 1.29 is 14.2 Å². The lowest BCUT2D eigenvalue weighted by molar-refractivity contribution is 0.323. The molecule has 0 spiro atoms. The lowest BCUT2D eigenvalue weighted by atomic mass is 10.1. The number of ether oxygens (including phenoxy) is 3. The van der Waals surface area contributed by atoms with Crippen LogP contribution in [-0.4, -0.2) is 34.4 Å². The van der Waals surface area contributed by atoms with Gasteiger partial charge in [-0.3, -0.25) is 0 Å². The Bertz CT molecular complexity index is 371. The first kappa shape index (κ1) is 15.6. The van der Waals surface area contributed by atoms with E-state index in [1.165, 1.54) is 0 Å². The average molecular weight is 268 g/mol. The van der Waals surface area contributed by atoms with Gasteiger partial charge in [0.25, 0.3) is 0 Å². The summed E-state index contributed by atoms with van der Waals surface area (Å²) in [6.07, 6.45) is 1.06.